The minimum absolute atomic E-state index is 0.386. The third kappa shape index (κ3) is 3.54. The van der Waals surface area contributed by atoms with Crippen molar-refractivity contribution in [2.24, 2.45) is 0 Å². The van der Waals surface area contributed by atoms with E-state index >= 15 is 0 Å². The SMILES string of the molecule is COCCS(=O)c1sc2nc(-c3cccnc3)nc(-c3ccccc3)c2c1N. The second-order valence-electron chi connectivity index (χ2n) is 6.03. The predicted molar refractivity (Wildman–Crippen MR) is 114 cm³/mol. The van der Waals surface area contributed by atoms with E-state index in [1.165, 1.54) is 11.3 Å². The maximum absolute atomic E-state index is 12.7. The minimum atomic E-state index is -1.25. The average Bonchev–Trinajstić information content (AvgIpc) is 3.09. The first-order chi connectivity index (χ1) is 13.7. The number of nitrogens with zero attached hydrogens (tertiary/aromatic N) is 3. The molecular formula is C20H18N4O2S2. The van der Waals surface area contributed by atoms with E-state index in [2.05, 4.69) is 4.98 Å². The number of hydrogen-bond donors (Lipinski definition) is 1. The van der Waals surface area contributed by atoms with Gasteiger partial charge in [0, 0.05) is 30.6 Å². The molecule has 8 heteroatoms. The summed E-state index contributed by atoms with van der Waals surface area (Å²) in [5.74, 6) is 0.951. The van der Waals surface area contributed by atoms with Crippen LogP contribution in [0.5, 0.6) is 0 Å². The second-order valence-corrected chi connectivity index (χ2v) is 8.79. The van der Waals surface area contributed by atoms with Gasteiger partial charge in [0.1, 0.15) is 9.04 Å². The molecule has 4 aromatic rings. The molecule has 0 amide bonds. The lowest BCUT2D eigenvalue weighted by Crippen LogP contribution is -2.04. The number of pyridine rings is 1. The van der Waals surface area contributed by atoms with E-state index in [1.807, 2.05) is 42.5 Å². The first-order valence-electron chi connectivity index (χ1n) is 8.62. The van der Waals surface area contributed by atoms with Gasteiger partial charge in [-0.25, -0.2) is 9.97 Å². The van der Waals surface area contributed by atoms with Crippen molar-refractivity contribution in [1.29, 1.82) is 0 Å². The molecule has 0 radical (unpaired) electrons. The lowest BCUT2D eigenvalue weighted by atomic mass is 10.1. The molecule has 6 nitrogen and oxygen atoms in total. The molecule has 0 bridgehead atoms. The fourth-order valence-electron chi connectivity index (χ4n) is 2.85. The van der Waals surface area contributed by atoms with Crippen LogP contribution in [0.4, 0.5) is 5.69 Å². The number of aromatic nitrogens is 3. The highest BCUT2D eigenvalue weighted by Gasteiger charge is 2.21. The summed E-state index contributed by atoms with van der Waals surface area (Å²) in [5.41, 5.74) is 9.38. The highest BCUT2D eigenvalue weighted by atomic mass is 32.2. The van der Waals surface area contributed by atoms with E-state index in [1.54, 1.807) is 19.5 Å². The molecule has 0 aliphatic heterocycles. The molecule has 0 spiro atoms. The number of ether oxygens (including phenoxy) is 1. The predicted octanol–water partition coefficient (Wildman–Crippen LogP) is 3.76. The molecule has 0 aliphatic carbocycles. The number of thiophene rings is 1. The van der Waals surface area contributed by atoms with Gasteiger partial charge in [-0.3, -0.25) is 9.19 Å². The lowest BCUT2D eigenvalue weighted by molar-refractivity contribution is 0.218. The van der Waals surface area contributed by atoms with E-state index in [0.717, 1.165) is 22.2 Å². The molecule has 0 saturated carbocycles. The van der Waals surface area contributed by atoms with Crippen molar-refractivity contribution in [2.75, 3.05) is 25.2 Å². The lowest BCUT2D eigenvalue weighted by Gasteiger charge is -2.07. The van der Waals surface area contributed by atoms with Gasteiger partial charge in [0.25, 0.3) is 0 Å². The van der Waals surface area contributed by atoms with Crippen molar-refractivity contribution in [3.63, 3.8) is 0 Å². The second kappa shape index (κ2) is 8.14. The first kappa shape index (κ1) is 18.7. The van der Waals surface area contributed by atoms with Crippen LogP contribution in [0.25, 0.3) is 32.9 Å². The number of nitrogens with two attached hydrogens (primary N) is 1. The van der Waals surface area contributed by atoms with Gasteiger partial charge in [-0.05, 0) is 12.1 Å². The van der Waals surface area contributed by atoms with Crippen LogP contribution in [-0.4, -0.2) is 38.6 Å². The topological polar surface area (TPSA) is 91.0 Å². The average molecular weight is 411 g/mol. The van der Waals surface area contributed by atoms with Gasteiger partial charge in [-0.1, -0.05) is 30.3 Å². The van der Waals surface area contributed by atoms with Gasteiger partial charge < -0.3 is 10.5 Å². The van der Waals surface area contributed by atoms with Crippen LogP contribution in [0.2, 0.25) is 0 Å². The molecular weight excluding hydrogens is 392 g/mol. The van der Waals surface area contributed by atoms with Crippen LogP contribution in [0, 0.1) is 0 Å². The Bertz CT molecular complexity index is 1130. The van der Waals surface area contributed by atoms with E-state index in [9.17, 15) is 4.21 Å². The zero-order valence-corrected chi connectivity index (χ0v) is 16.8. The van der Waals surface area contributed by atoms with Crippen molar-refractivity contribution in [2.45, 2.75) is 4.21 Å². The summed E-state index contributed by atoms with van der Waals surface area (Å²) in [6, 6.07) is 13.6. The Balaban J connectivity index is 1.95. The fourth-order valence-corrected chi connectivity index (χ4v) is 5.39. The molecule has 0 aliphatic rings. The summed E-state index contributed by atoms with van der Waals surface area (Å²) in [7, 11) is 0.333. The van der Waals surface area contributed by atoms with Gasteiger partial charge in [-0.15, -0.1) is 11.3 Å². The highest BCUT2D eigenvalue weighted by molar-refractivity contribution is 7.87. The van der Waals surface area contributed by atoms with Gasteiger partial charge in [0.05, 0.1) is 39.9 Å². The quantitative estimate of drug-likeness (QED) is 0.520. The van der Waals surface area contributed by atoms with Gasteiger partial charge in [0.15, 0.2) is 5.82 Å². The molecule has 4 rings (SSSR count). The number of nitrogen functional groups attached to an aromatic ring is 1. The summed E-state index contributed by atoms with van der Waals surface area (Å²) in [6.45, 7) is 0.401. The van der Waals surface area contributed by atoms with E-state index in [-0.39, 0.29) is 0 Å². The number of methoxy groups -OCH3 is 1. The molecule has 1 atom stereocenters. The number of anilines is 1. The van der Waals surface area contributed by atoms with E-state index in [4.69, 9.17) is 20.4 Å². The normalized spacial score (nSPS) is 12.3. The number of hydrogen-bond acceptors (Lipinski definition) is 7. The third-order valence-corrected chi connectivity index (χ3v) is 7.07. The number of benzene rings is 1. The smallest absolute Gasteiger partial charge is 0.162 e. The Hall–Kier alpha value is -2.68. The van der Waals surface area contributed by atoms with Crippen LogP contribution in [0.3, 0.4) is 0 Å². The molecule has 0 fully saturated rings. The Kier molecular flexibility index (Phi) is 5.43. The fraction of sp³-hybridized carbons (Fsp3) is 0.150. The Morgan fingerprint density at radius 3 is 2.61 bits per heavy atom. The van der Waals surface area contributed by atoms with Gasteiger partial charge in [-0.2, -0.15) is 0 Å². The van der Waals surface area contributed by atoms with Crippen molar-refractivity contribution in [3.8, 4) is 22.6 Å². The third-order valence-electron chi connectivity index (χ3n) is 4.20. The number of fused-ring (bicyclic) bond motifs is 1. The van der Waals surface area contributed by atoms with Crippen molar-refractivity contribution in [1.82, 2.24) is 15.0 Å². The van der Waals surface area contributed by atoms with Crippen LogP contribution >= 0.6 is 11.3 Å². The minimum Gasteiger partial charge on any atom is -0.396 e. The number of rotatable bonds is 6. The Morgan fingerprint density at radius 2 is 1.89 bits per heavy atom. The Labute approximate surface area is 168 Å². The van der Waals surface area contributed by atoms with E-state index in [0.29, 0.717) is 32.9 Å². The monoisotopic (exact) mass is 410 g/mol. The summed E-state index contributed by atoms with van der Waals surface area (Å²) < 4.78 is 18.4. The summed E-state index contributed by atoms with van der Waals surface area (Å²) in [6.07, 6.45) is 3.44. The summed E-state index contributed by atoms with van der Waals surface area (Å²) in [5, 5.41) is 0.740. The van der Waals surface area contributed by atoms with Crippen LogP contribution in [0.1, 0.15) is 0 Å². The summed E-state index contributed by atoms with van der Waals surface area (Å²) >= 11 is 1.35. The van der Waals surface area contributed by atoms with Crippen LogP contribution < -0.4 is 5.73 Å². The van der Waals surface area contributed by atoms with Crippen molar-refractivity contribution < 1.29 is 8.95 Å². The van der Waals surface area contributed by atoms with Gasteiger partial charge in [0.2, 0.25) is 0 Å². The molecule has 3 heterocycles. The van der Waals surface area contributed by atoms with Crippen molar-refractivity contribution in [3.05, 3.63) is 54.9 Å². The van der Waals surface area contributed by atoms with E-state index < -0.39 is 10.8 Å². The standard InChI is InChI=1S/C20H18N4O2S2/c1-26-10-11-28(25)20-16(21)15-17(13-6-3-2-4-7-13)23-18(24-19(15)27-20)14-8-5-9-22-12-14/h2-9,12H,10-11,21H2,1H3. The molecule has 1 aromatic carbocycles. The van der Waals surface area contributed by atoms with Gasteiger partial charge >= 0.3 is 0 Å². The van der Waals surface area contributed by atoms with Crippen molar-refractivity contribution >= 4 is 38.0 Å². The summed E-state index contributed by atoms with van der Waals surface area (Å²) in [4.78, 5) is 14.4. The molecule has 0 saturated heterocycles. The maximum Gasteiger partial charge on any atom is 0.162 e. The molecule has 3 aromatic heterocycles. The Morgan fingerprint density at radius 1 is 1.11 bits per heavy atom. The molecule has 2 N–H and O–H groups in total. The zero-order valence-electron chi connectivity index (χ0n) is 15.2. The van der Waals surface area contributed by atoms with Crippen LogP contribution in [0.15, 0.2) is 59.1 Å². The highest BCUT2D eigenvalue weighted by Crippen LogP contribution is 2.41. The first-order valence-corrected chi connectivity index (χ1v) is 10.8. The molecule has 142 valence electrons. The zero-order chi connectivity index (χ0) is 19.5. The van der Waals surface area contributed by atoms with Crippen LogP contribution in [-0.2, 0) is 15.5 Å². The molecule has 28 heavy (non-hydrogen) atoms. The maximum atomic E-state index is 12.7. The largest absolute Gasteiger partial charge is 0.396 e. The molecule has 1 unspecified atom stereocenters.